The lowest BCUT2D eigenvalue weighted by molar-refractivity contribution is 0.0525. The Morgan fingerprint density at radius 3 is 2.91 bits per heavy atom. The largest absolute Gasteiger partial charge is 0.462 e. The van der Waals surface area contributed by atoms with Crippen molar-refractivity contribution in [3.63, 3.8) is 0 Å². The van der Waals surface area contributed by atoms with Crippen molar-refractivity contribution in [3.05, 3.63) is 23.0 Å². The van der Waals surface area contributed by atoms with Gasteiger partial charge in [0.2, 0.25) is 0 Å². The Hall–Kier alpha value is -1.37. The fourth-order valence-corrected chi connectivity index (χ4v) is 3.05. The number of carbonyl (C=O) groups is 1. The third-order valence-corrected chi connectivity index (χ3v) is 4.20. The van der Waals surface area contributed by atoms with Crippen molar-refractivity contribution in [3.8, 4) is 0 Å². The summed E-state index contributed by atoms with van der Waals surface area (Å²) in [5.74, 6) is -0.261. The number of rotatable bonds is 6. The first-order chi connectivity index (χ1) is 10.5. The van der Waals surface area contributed by atoms with E-state index in [-0.39, 0.29) is 12.6 Å². The number of β-amino-alcohol motifs (C(OH)–C–C–N with tert-alkyl or cyclic N) is 1. The molecule has 0 radical (unpaired) electrons. The summed E-state index contributed by atoms with van der Waals surface area (Å²) in [4.78, 5) is 19.8. The molecule has 6 heteroatoms. The minimum atomic E-state index is -0.261. The van der Waals surface area contributed by atoms with Crippen LogP contribution in [0.15, 0.2) is 6.07 Å². The first-order valence-electron chi connectivity index (χ1n) is 7.98. The van der Waals surface area contributed by atoms with Gasteiger partial charge in [0.05, 0.1) is 18.8 Å². The molecule has 1 aliphatic heterocycles. The van der Waals surface area contributed by atoms with Crippen LogP contribution in [0.1, 0.15) is 35.6 Å². The number of aromatic amines is 1. The van der Waals surface area contributed by atoms with E-state index in [0.29, 0.717) is 18.2 Å². The van der Waals surface area contributed by atoms with Gasteiger partial charge >= 0.3 is 5.97 Å². The molecule has 2 N–H and O–H groups in total. The van der Waals surface area contributed by atoms with E-state index in [0.717, 1.165) is 44.1 Å². The Morgan fingerprint density at radius 1 is 1.50 bits per heavy atom. The molecule has 0 aliphatic carbocycles. The molecule has 1 aromatic heterocycles. The zero-order chi connectivity index (χ0) is 16.1. The van der Waals surface area contributed by atoms with E-state index in [2.05, 4.69) is 21.7 Å². The minimum Gasteiger partial charge on any atom is -0.462 e. The highest BCUT2D eigenvalue weighted by atomic mass is 16.5. The maximum absolute atomic E-state index is 11.9. The fourth-order valence-electron chi connectivity index (χ4n) is 3.05. The van der Waals surface area contributed by atoms with Crippen LogP contribution in [0.25, 0.3) is 0 Å². The van der Waals surface area contributed by atoms with E-state index in [1.807, 2.05) is 19.9 Å². The molecule has 0 bridgehead atoms. The molecule has 1 atom stereocenters. The molecule has 0 aromatic carbocycles. The molecule has 6 nitrogen and oxygen atoms in total. The molecular weight excluding hydrogens is 282 g/mol. The molecule has 2 heterocycles. The summed E-state index contributed by atoms with van der Waals surface area (Å²) in [6, 6.07) is 2.33. The number of piperazine rings is 1. The highest BCUT2D eigenvalue weighted by Crippen LogP contribution is 2.16. The van der Waals surface area contributed by atoms with Crippen molar-refractivity contribution in [2.24, 2.45) is 0 Å². The third-order valence-electron chi connectivity index (χ3n) is 4.20. The Bertz CT molecular complexity index is 501. The molecule has 124 valence electrons. The highest BCUT2D eigenvalue weighted by molar-refractivity contribution is 5.90. The number of aliphatic hydroxyl groups is 1. The van der Waals surface area contributed by atoms with Gasteiger partial charge in [0, 0.05) is 50.2 Å². The number of nitrogens with one attached hydrogen (secondary N) is 1. The van der Waals surface area contributed by atoms with Crippen LogP contribution in [0.2, 0.25) is 0 Å². The van der Waals surface area contributed by atoms with Crippen LogP contribution in [-0.4, -0.2) is 71.3 Å². The van der Waals surface area contributed by atoms with Gasteiger partial charge in [-0.25, -0.2) is 4.79 Å². The van der Waals surface area contributed by atoms with Crippen molar-refractivity contribution in [2.75, 3.05) is 39.4 Å². The SMILES string of the molecule is CCOC(=O)c1cc(CN2CCN(CCO)C(C)C2)[nH]c1C. The topological polar surface area (TPSA) is 68.8 Å². The van der Waals surface area contributed by atoms with Gasteiger partial charge in [0.15, 0.2) is 0 Å². The Kier molecular flexibility index (Phi) is 5.99. The molecule has 2 rings (SSSR count). The number of aliphatic hydroxyl groups excluding tert-OH is 1. The van der Waals surface area contributed by atoms with Gasteiger partial charge in [-0.2, -0.15) is 0 Å². The average Bonchev–Trinajstić information content (AvgIpc) is 2.83. The van der Waals surface area contributed by atoms with Gasteiger partial charge in [-0.15, -0.1) is 0 Å². The lowest BCUT2D eigenvalue weighted by Crippen LogP contribution is -2.52. The number of hydrogen-bond donors (Lipinski definition) is 2. The quantitative estimate of drug-likeness (QED) is 0.767. The molecule has 0 amide bonds. The van der Waals surface area contributed by atoms with E-state index in [4.69, 9.17) is 9.84 Å². The van der Waals surface area contributed by atoms with E-state index in [9.17, 15) is 4.79 Å². The number of nitrogens with zero attached hydrogens (tertiary/aromatic N) is 2. The number of esters is 1. The predicted octanol–water partition coefficient (Wildman–Crippen LogP) is 0.998. The van der Waals surface area contributed by atoms with Gasteiger partial charge in [-0.1, -0.05) is 0 Å². The Balaban J connectivity index is 1.95. The van der Waals surface area contributed by atoms with Crippen LogP contribution in [0.4, 0.5) is 0 Å². The van der Waals surface area contributed by atoms with Crippen molar-refractivity contribution < 1.29 is 14.6 Å². The third kappa shape index (κ3) is 4.09. The molecule has 1 fully saturated rings. The van der Waals surface area contributed by atoms with E-state index in [1.54, 1.807) is 0 Å². The lowest BCUT2D eigenvalue weighted by Gasteiger charge is -2.39. The summed E-state index contributed by atoms with van der Waals surface area (Å²) >= 11 is 0. The maximum Gasteiger partial charge on any atom is 0.339 e. The summed E-state index contributed by atoms with van der Waals surface area (Å²) in [6.07, 6.45) is 0. The van der Waals surface area contributed by atoms with Crippen LogP contribution in [0.5, 0.6) is 0 Å². The number of H-pyrrole nitrogens is 1. The maximum atomic E-state index is 11.9. The first kappa shape index (κ1) is 17.0. The summed E-state index contributed by atoms with van der Waals surface area (Å²) < 4.78 is 5.07. The van der Waals surface area contributed by atoms with E-state index in [1.165, 1.54) is 0 Å². The van der Waals surface area contributed by atoms with Gasteiger partial charge in [-0.05, 0) is 26.8 Å². The van der Waals surface area contributed by atoms with E-state index >= 15 is 0 Å². The molecule has 1 aliphatic rings. The van der Waals surface area contributed by atoms with Crippen molar-refractivity contribution in [1.29, 1.82) is 0 Å². The van der Waals surface area contributed by atoms with Crippen LogP contribution < -0.4 is 0 Å². The Morgan fingerprint density at radius 2 is 2.27 bits per heavy atom. The van der Waals surface area contributed by atoms with Crippen LogP contribution in [0.3, 0.4) is 0 Å². The second-order valence-electron chi connectivity index (χ2n) is 5.90. The molecule has 0 saturated carbocycles. The van der Waals surface area contributed by atoms with Gasteiger partial charge in [-0.3, -0.25) is 9.80 Å². The van der Waals surface area contributed by atoms with Crippen LogP contribution in [0, 0.1) is 6.92 Å². The first-order valence-corrected chi connectivity index (χ1v) is 7.98. The summed E-state index contributed by atoms with van der Waals surface area (Å²) in [5, 5.41) is 9.06. The molecule has 1 aromatic rings. The molecule has 22 heavy (non-hydrogen) atoms. The zero-order valence-electron chi connectivity index (χ0n) is 13.8. The number of hydrogen-bond acceptors (Lipinski definition) is 5. The normalized spacial score (nSPS) is 20.3. The molecule has 0 spiro atoms. The van der Waals surface area contributed by atoms with E-state index < -0.39 is 0 Å². The number of carbonyl (C=O) groups excluding carboxylic acids is 1. The number of aromatic nitrogens is 1. The van der Waals surface area contributed by atoms with Gasteiger partial charge < -0.3 is 14.8 Å². The standard InChI is InChI=1S/C16H27N3O3/c1-4-22-16(21)15-9-14(17-13(15)3)11-18-5-6-19(7-8-20)12(2)10-18/h9,12,17,20H,4-8,10-11H2,1-3H3. The smallest absolute Gasteiger partial charge is 0.339 e. The molecule has 1 unspecified atom stereocenters. The highest BCUT2D eigenvalue weighted by Gasteiger charge is 2.24. The predicted molar refractivity (Wildman–Crippen MR) is 84.9 cm³/mol. The number of ether oxygens (including phenoxy) is 1. The van der Waals surface area contributed by atoms with Crippen molar-refractivity contribution >= 4 is 5.97 Å². The average molecular weight is 309 g/mol. The fraction of sp³-hybridized carbons (Fsp3) is 0.688. The molecule has 1 saturated heterocycles. The summed E-state index contributed by atoms with van der Waals surface area (Å²) in [6.45, 7) is 10.9. The monoisotopic (exact) mass is 309 g/mol. The molecular formula is C16H27N3O3. The van der Waals surface area contributed by atoms with Crippen LogP contribution in [-0.2, 0) is 11.3 Å². The summed E-state index contributed by atoms with van der Waals surface area (Å²) in [5.41, 5.74) is 2.53. The second-order valence-corrected chi connectivity index (χ2v) is 5.90. The zero-order valence-corrected chi connectivity index (χ0v) is 13.8. The lowest BCUT2D eigenvalue weighted by atomic mass is 10.2. The van der Waals surface area contributed by atoms with Gasteiger partial charge in [0.1, 0.15) is 0 Å². The van der Waals surface area contributed by atoms with Crippen molar-refractivity contribution in [2.45, 2.75) is 33.4 Å². The second kappa shape index (κ2) is 7.76. The minimum absolute atomic E-state index is 0.211. The number of aryl methyl sites for hydroxylation is 1. The van der Waals surface area contributed by atoms with Crippen molar-refractivity contribution in [1.82, 2.24) is 14.8 Å². The van der Waals surface area contributed by atoms with Gasteiger partial charge in [0.25, 0.3) is 0 Å². The van der Waals surface area contributed by atoms with Crippen LogP contribution >= 0.6 is 0 Å². The summed E-state index contributed by atoms with van der Waals surface area (Å²) in [7, 11) is 0. The Labute approximate surface area is 132 Å².